The molecule has 7 heteroatoms. The maximum absolute atomic E-state index is 12.6. The summed E-state index contributed by atoms with van der Waals surface area (Å²) < 4.78 is 42.5. The van der Waals surface area contributed by atoms with Gasteiger partial charge in [0.15, 0.2) is 11.9 Å². The van der Waals surface area contributed by atoms with Crippen molar-refractivity contribution in [1.29, 1.82) is 0 Å². The van der Waals surface area contributed by atoms with Crippen LogP contribution in [-0.2, 0) is 4.74 Å². The van der Waals surface area contributed by atoms with Crippen LogP contribution in [0.4, 0.5) is 19.0 Å². The molecule has 1 atom stereocenters. The van der Waals surface area contributed by atoms with Crippen molar-refractivity contribution in [2.45, 2.75) is 19.2 Å². The summed E-state index contributed by atoms with van der Waals surface area (Å²) in [5, 5.41) is 0. The number of carbonyl (C=O) groups is 1. The largest absolute Gasteiger partial charge is 0.416 e. The third-order valence-corrected chi connectivity index (χ3v) is 2.91. The Kier molecular flexibility index (Phi) is 3.75. The highest BCUT2D eigenvalue weighted by molar-refractivity contribution is 5.93. The number of hydrogen-bond acceptors (Lipinski definition) is 4. The third kappa shape index (κ3) is 3.23. The second-order valence-electron chi connectivity index (χ2n) is 4.31. The van der Waals surface area contributed by atoms with Crippen LogP contribution in [0.15, 0.2) is 18.3 Å². The van der Waals surface area contributed by atoms with Crippen LogP contribution in [0.5, 0.6) is 0 Å². The van der Waals surface area contributed by atoms with Gasteiger partial charge in [0.2, 0.25) is 0 Å². The lowest BCUT2D eigenvalue weighted by atomic mass is 10.2. The molecule has 19 heavy (non-hydrogen) atoms. The van der Waals surface area contributed by atoms with Gasteiger partial charge in [-0.3, -0.25) is 4.79 Å². The van der Waals surface area contributed by atoms with Crippen LogP contribution in [0.25, 0.3) is 0 Å². The summed E-state index contributed by atoms with van der Waals surface area (Å²) in [6, 6.07) is 3.11. The summed E-state index contributed by atoms with van der Waals surface area (Å²) in [4.78, 5) is 16.6. The summed E-state index contributed by atoms with van der Waals surface area (Å²) in [6.45, 7) is 1.47. The second kappa shape index (κ2) is 5.16. The molecule has 1 unspecified atom stereocenters. The minimum absolute atomic E-state index is 0.000314. The number of hydrogen-bond donors (Lipinski definition) is 0. The van der Waals surface area contributed by atoms with Gasteiger partial charge in [-0.1, -0.05) is 0 Å². The summed E-state index contributed by atoms with van der Waals surface area (Å²) in [7, 11) is 0. The zero-order chi connectivity index (χ0) is 14.0. The van der Waals surface area contributed by atoms with E-state index in [0.717, 1.165) is 0 Å². The lowest BCUT2D eigenvalue weighted by Gasteiger charge is -2.34. The SMILES string of the molecule is CC(=O)c1ccc(N2CCOC(C(F)(F)F)C2)nc1. The molecule has 0 bridgehead atoms. The lowest BCUT2D eigenvalue weighted by molar-refractivity contribution is -0.221. The first kappa shape index (κ1) is 13.8. The Balaban J connectivity index is 2.11. The fourth-order valence-corrected chi connectivity index (χ4v) is 1.84. The molecule has 1 aromatic heterocycles. The normalized spacial score (nSPS) is 20.4. The highest BCUT2D eigenvalue weighted by Crippen LogP contribution is 2.27. The summed E-state index contributed by atoms with van der Waals surface area (Å²) in [5.74, 6) is 0.289. The number of morpholine rings is 1. The molecule has 0 saturated carbocycles. The molecule has 1 aromatic rings. The molecule has 0 N–H and O–H groups in total. The van der Waals surface area contributed by atoms with E-state index in [2.05, 4.69) is 4.98 Å². The smallest absolute Gasteiger partial charge is 0.365 e. The van der Waals surface area contributed by atoms with Crippen LogP contribution < -0.4 is 4.90 Å². The molecule has 0 spiro atoms. The number of ketones is 1. The maximum Gasteiger partial charge on any atom is 0.416 e. The van der Waals surface area contributed by atoms with Crippen LogP contribution in [0.3, 0.4) is 0 Å². The quantitative estimate of drug-likeness (QED) is 0.774. The first-order chi connectivity index (χ1) is 8.88. The first-order valence-corrected chi connectivity index (χ1v) is 5.78. The Morgan fingerprint density at radius 2 is 2.21 bits per heavy atom. The third-order valence-electron chi connectivity index (χ3n) is 2.91. The van der Waals surface area contributed by atoms with E-state index >= 15 is 0 Å². The average molecular weight is 274 g/mol. The maximum atomic E-state index is 12.6. The van der Waals surface area contributed by atoms with Crippen molar-refractivity contribution in [1.82, 2.24) is 4.98 Å². The number of nitrogens with zero attached hydrogens (tertiary/aromatic N) is 2. The number of halogens is 3. The number of ether oxygens (including phenoxy) is 1. The number of Topliss-reactive ketones (excluding diaryl/α,β-unsaturated/α-hetero) is 1. The van der Waals surface area contributed by atoms with Crippen molar-refractivity contribution in [3.05, 3.63) is 23.9 Å². The van der Waals surface area contributed by atoms with E-state index in [1.54, 1.807) is 12.1 Å². The molecule has 2 rings (SSSR count). The van der Waals surface area contributed by atoms with Crippen LogP contribution in [-0.4, -0.2) is 42.7 Å². The van der Waals surface area contributed by atoms with E-state index in [-0.39, 0.29) is 18.9 Å². The molecular formula is C12H13F3N2O2. The van der Waals surface area contributed by atoms with E-state index in [1.165, 1.54) is 18.0 Å². The fourth-order valence-electron chi connectivity index (χ4n) is 1.84. The Bertz CT molecular complexity index is 459. The average Bonchev–Trinajstić information content (AvgIpc) is 2.38. The zero-order valence-corrected chi connectivity index (χ0v) is 10.3. The molecule has 0 amide bonds. The summed E-state index contributed by atoms with van der Waals surface area (Å²) in [6.07, 6.45) is -4.80. The van der Waals surface area contributed by atoms with E-state index in [9.17, 15) is 18.0 Å². The molecule has 104 valence electrons. The summed E-state index contributed by atoms with van der Waals surface area (Å²) in [5.41, 5.74) is 0.435. The molecule has 2 heterocycles. The number of rotatable bonds is 2. The lowest BCUT2D eigenvalue weighted by Crippen LogP contribution is -2.49. The van der Waals surface area contributed by atoms with Gasteiger partial charge < -0.3 is 9.64 Å². The molecule has 1 aliphatic heterocycles. The van der Waals surface area contributed by atoms with Crippen molar-refractivity contribution in [2.75, 3.05) is 24.6 Å². The Hall–Kier alpha value is -1.63. The van der Waals surface area contributed by atoms with Crippen molar-refractivity contribution < 1.29 is 22.7 Å². The zero-order valence-electron chi connectivity index (χ0n) is 10.3. The Labute approximate surface area is 108 Å². The molecule has 0 aromatic carbocycles. The van der Waals surface area contributed by atoms with Gasteiger partial charge in [0, 0.05) is 18.3 Å². The van der Waals surface area contributed by atoms with E-state index in [1.807, 2.05) is 0 Å². The topological polar surface area (TPSA) is 42.4 Å². The number of alkyl halides is 3. The van der Waals surface area contributed by atoms with E-state index in [4.69, 9.17) is 4.74 Å². The molecule has 1 fully saturated rings. The van der Waals surface area contributed by atoms with Crippen LogP contribution in [0.1, 0.15) is 17.3 Å². The second-order valence-corrected chi connectivity index (χ2v) is 4.31. The molecule has 0 aliphatic carbocycles. The van der Waals surface area contributed by atoms with Gasteiger partial charge in [0.05, 0.1) is 13.2 Å². The predicted molar refractivity (Wildman–Crippen MR) is 62.2 cm³/mol. The molecule has 1 aliphatic rings. The van der Waals surface area contributed by atoms with Crippen molar-refractivity contribution in [3.8, 4) is 0 Å². The number of anilines is 1. The molecule has 0 radical (unpaired) electrons. The molecule has 4 nitrogen and oxygen atoms in total. The van der Waals surface area contributed by atoms with Gasteiger partial charge in [-0.15, -0.1) is 0 Å². The molecular weight excluding hydrogens is 261 g/mol. The highest BCUT2D eigenvalue weighted by atomic mass is 19.4. The number of aromatic nitrogens is 1. The minimum Gasteiger partial charge on any atom is -0.365 e. The van der Waals surface area contributed by atoms with Gasteiger partial charge >= 0.3 is 6.18 Å². The van der Waals surface area contributed by atoms with Gasteiger partial charge in [0.1, 0.15) is 5.82 Å². The fraction of sp³-hybridized carbons (Fsp3) is 0.500. The van der Waals surface area contributed by atoms with E-state index in [0.29, 0.717) is 17.9 Å². The van der Waals surface area contributed by atoms with Crippen molar-refractivity contribution >= 4 is 11.6 Å². The molecule has 1 saturated heterocycles. The van der Waals surface area contributed by atoms with E-state index < -0.39 is 12.3 Å². The first-order valence-electron chi connectivity index (χ1n) is 5.78. The van der Waals surface area contributed by atoms with Crippen LogP contribution >= 0.6 is 0 Å². The Morgan fingerprint density at radius 3 is 2.74 bits per heavy atom. The van der Waals surface area contributed by atoms with Gasteiger partial charge in [-0.25, -0.2) is 4.98 Å². The van der Waals surface area contributed by atoms with Crippen molar-refractivity contribution in [2.24, 2.45) is 0 Å². The Morgan fingerprint density at radius 1 is 1.47 bits per heavy atom. The van der Waals surface area contributed by atoms with Crippen LogP contribution in [0, 0.1) is 0 Å². The predicted octanol–water partition coefficient (Wildman–Crippen LogP) is 2.05. The van der Waals surface area contributed by atoms with Crippen molar-refractivity contribution in [3.63, 3.8) is 0 Å². The van der Waals surface area contributed by atoms with Gasteiger partial charge in [-0.05, 0) is 19.1 Å². The number of pyridine rings is 1. The van der Waals surface area contributed by atoms with Gasteiger partial charge in [-0.2, -0.15) is 13.2 Å². The van der Waals surface area contributed by atoms with Crippen LogP contribution in [0.2, 0.25) is 0 Å². The monoisotopic (exact) mass is 274 g/mol. The highest BCUT2D eigenvalue weighted by Gasteiger charge is 2.43. The summed E-state index contributed by atoms with van der Waals surface area (Å²) >= 11 is 0. The standard InChI is InChI=1S/C12H13F3N2O2/c1-8(18)9-2-3-11(16-6-9)17-4-5-19-10(7-17)12(13,14)15/h2-3,6,10H,4-5,7H2,1H3. The number of carbonyl (C=O) groups excluding carboxylic acids is 1. The minimum atomic E-state index is -4.38. The van der Waals surface area contributed by atoms with Gasteiger partial charge in [0.25, 0.3) is 0 Å².